The zero-order valence-corrected chi connectivity index (χ0v) is 13.6. The van der Waals surface area contributed by atoms with Crippen molar-refractivity contribution in [1.29, 1.82) is 0 Å². The largest absolute Gasteiger partial charge is 0.315 e. The van der Waals surface area contributed by atoms with E-state index in [1.807, 2.05) is 0 Å². The van der Waals surface area contributed by atoms with Gasteiger partial charge in [0, 0.05) is 44.3 Å². The molecule has 0 spiro atoms. The zero-order chi connectivity index (χ0) is 14.1. The first kappa shape index (κ1) is 14.8. The van der Waals surface area contributed by atoms with Crippen LogP contribution in [0.25, 0.3) is 0 Å². The van der Waals surface area contributed by atoms with E-state index in [1.54, 1.807) is 0 Å². The van der Waals surface area contributed by atoms with E-state index in [0.29, 0.717) is 0 Å². The monoisotopic (exact) mass is 279 g/mol. The summed E-state index contributed by atoms with van der Waals surface area (Å²) >= 11 is 0. The first-order chi connectivity index (χ1) is 9.69. The van der Waals surface area contributed by atoms with Crippen molar-refractivity contribution < 1.29 is 0 Å². The van der Waals surface area contributed by atoms with E-state index >= 15 is 0 Å². The maximum Gasteiger partial charge on any atom is 0.0253 e. The molecule has 0 amide bonds. The minimum Gasteiger partial charge on any atom is -0.315 e. The van der Waals surface area contributed by atoms with E-state index < -0.39 is 0 Å². The summed E-state index contributed by atoms with van der Waals surface area (Å²) in [6, 6.07) is 2.45. The molecule has 3 unspecified atom stereocenters. The zero-order valence-electron chi connectivity index (χ0n) is 13.6. The minimum absolute atomic E-state index is 0.720. The maximum atomic E-state index is 3.60. The molecule has 3 rings (SSSR count). The van der Waals surface area contributed by atoms with Gasteiger partial charge < -0.3 is 5.32 Å². The Morgan fingerprint density at radius 2 is 1.55 bits per heavy atom. The lowest BCUT2D eigenvalue weighted by Crippen LogP contribution is -2.58. The molecule has 0 aromatic rings. The molecule has 1 N–H and O–H groups in total. The molecule has 0 aromatic heterocycles. The normalized spacial score (nSPS) is 37.5. The Hall–Kier alpha value is -0.120. The average molecular weight is 279 g/mol. The van der Waals surface area contributed by atoms with E-state index in [2.05, 4.69) is 36.0 Å². The van der Waals surface area contributed by atoms with Crippen molar-refractivity contribution in [2.24, 2.45) is 11.8 Å². The fraction of sp³-hybridized carbons (Fsp3) is 1.00. The van der Waals surface area contributed by atoms with Crippen LogP contribution in [0, 0.1) is 11.8 Å². The van der Waals surface area contributed by atoms with Gasteiger partial charge in [-0.2, -0.15) is 0 Å². The van der Waals surface area contributed by atoms with E-state index in [9.17, 15) is 0 Å². The summed E-state index contributed by atoms with van der Waals surface area (Å²) in [6.45, 7) is 10.0. The second-order valence-electron chi connectivity index (χ2n) is 7.58. The Morgan fingerprint density at radius 1 is 0.900 bits per heavy atom. The summed E-state index contributed by atoms with van der Waals surface area (Å²) in [5, 5.41) is 3.60. The topological polar surface area (TPSA) is 18.5 Å². The van der Waals surface area contributed by atoms with Crippen LogP contribution in [0.15, 0.2) is 0 Å². The second kappa shape index (κ2) is 6.33. The van der Waals surface area contributed by atoms with Crippen LogP contribution < -0.4 is 5.32 Å². The fourth-order valence-corrected chi connectivity index (χ4v) is 4.40. The van der Waals surface area contributed by atoms with E-state index in [-0.39, 0.29) is 0 Å². The molecular weight excluding hydrogens is 246 g/mol. The lowest BCUT2D eigenvalue weighted by Gasteiger charge is -2.47. The number of hydrogen-bond acceptors (Lipinski definition) is 3. The molecule has 3 nitrogen and oxygen atoms in total. The molecule has 3 atom stereocenters. The molecule has 1 aliphatic heterocycles. The van der Waals surface area contributed by atoms with Crippen molar-refractivity contribution >= 4 is 0 Å². The van der Waals surface area contributed by atoms with Gasteiger partial charge in [-0.05, 0) is 51.0 Å². The molecule has 0 bridgehead atoms. The van der Waals surface area contributed by atoms with Gasteiger partial charge >= 0.3 is 0 Å². The third-order valence-electron chi connectivity index (χ3n) is 6.05. The molecule has 1 heterocycles. The summed E-state index contributed by atoms with van der Waals surface area (Å²) in [6.07, 6.45) is 7.11. The molecule has 2 saturated carbocycles. The lowest BCUT2D eigenvalue weighted by atomic mass is 9.76. The van der Waals surface area contributed by atoms with Crippen LogP contribution in [0.1, 0.15) is 46.0 Å². The summed E-state index contributed by atoms with van der Waals surface area (Å²) in [7, 11) is 2.16. The first-order valence-electron chi connectivity index (χ1n) is 8.84. The molecule has 3 heteroatoms. The molecule has 2 aliphatic carbocycles. The number of nitrogens with zero attached hydrogens (tertiary/aromatic N) is 2. The Kier molecular flexibility index (Phi) is 4.68. The van der Waals surface area contributed by atoms with Crippen molar-refractivity contribution in [3.05, 3.63) is 0 Å². The van der Waals surface area contributed by atoms with Gasteiger partial charge in [-0.25, -0.2) is 0 Å². The van der Waals surface area contributed by atoms with E-state index in [1.165, 1.54) is 58.3 Å². The number of likely N-dealkylation sites (N-methyl/N-ethyl adjacent to an activating group) is 1. The lowest BCUT2D eigenvalue weighted by molar-refractivity contribution is 0.0399. The second-order valence-corrected chi connectivity index (χ2v) is 7.58. The maximum absolute atomic E-state index is 3.60. The van der Waals surface area contributed by atoms with Crippen LogP contribution in [0.3, 0.4) is 0 Å². The fourth-order valence-electron chi connectivity index (χ4n) is 4.40. The Labute approximate surface area is 125 Å². The third-order valence-corrected chi connectivity index (χ3v) is 6.05. The molecule has 20 heavy (non-hydrogen) atoms. The van der Waals surface area contributed by atoms with Crippen LogP contribution in [0.5, 0.6) is 0 Å². The summed E-state index contributed by atoms with van der Waals surface area (Å²) in [5.74, 6) is 1.79. The van der Waals surface area contributed by atoms with Gasteiger partial charge in [0.25, 0.3) is 0 Å². The highest BCUT2D eigenvalue weighted by molar-refractivity contribution is 4.95. The van der Waals surface area contributed by atoms with Crippen molar-refractivity contribution in [2.75, 3.05) is 33.2 Å². The van der Waals surface area contributed by atoms with Crippen LogP contribution in [0.2, 0.25) is 0 Å². The van der Waals surface area contributed by atoms with Gasteiger partial charge in [-0.15, -0.1) is 0 Å². The number of hydrogen-bond donors (Lipinski definition) is 1. The van der Waals surface area contributed by atoms with Gasteiger partial charge in [-0.3, -0.25) is 9.80 Å². The Bertz CT molecular complexity index is 305. The SMILES string of the molecule is CNC1CCC(C(C)C)CC1N1CCN(C2CC2)CC1. The summed E-state index contributed by atoms with van der Waals surface area (Å²) < 4.78 is 0. The highest BCUT2D eigenvalue weighted by Gasteiger charge is 2.37. The van der Waals surface area contributed by atoms with Gasteiger partial charge in [-0.1, -0.05) is 13.8 Å². The van der Waals surface area contributed by atoms with Crippen molar-refractivity contribution in [1.82, 2.24) is 15.1 Å². The first-order valence-corrected chi connectivity index (χ1v) is 8.84. The molecule has 1 saturated heterocycles. The number of rotatable bonds is 4. The standard InChI is InChI=1S/C17H33N3/c1-13(2)14-4-7-16(18-3)17(12-14)20-10-8-19(9-11-20)15-5-6-15/h13-18H,4-12H2,1-3H3. The van der Waals surface area contributed by atoms with Crippen LogP contribution in [-0.2, 0) is 0 Å². The van der Waals surface area contributed by atoms with E-state index in [4.69, 9.17) is 0 Å². The average Bonchev–Trinajstić information content (AvgIpc) is 3.31. The molecule has 3 aliphatic rings. The molecule has 0 radical (unpaired) electrons. The highest BCUT2D eigenvalue weighted by Crippen LogP contribution is 2.34. The molecular formula is C17H33N3. The van der Waals surface area contributed by atoms with Crippen LogP contribution >= 0.6 is 0 Å². The van der Waals surface area contributed by atoms with Crippen LogP contribution in [-0.4, -0.2) is 61.2 Å². The minimum atomic E-state index is 0.720. The third kappa shape index (κ3) is 3.20. The quantitative estimate of drug-likeness (QED) is 0.851. The molecule has 0 aromatic carbocycles. The smallest absolute Gasteiger partial charge is 0.0253 e. The van der Waals surface area contributed by atoms with Crippen molar-refractivity contribution in [3.63, 3.8) is 0 Å². The van der Waals surface area contributed by atoms with Gasteiger partial charge in [0.05, 0.1) is 0 Å². The van der Waals surface area contributed by atoms with Gasteiger partial charge in [0.1, 0.15) is 0 Å². The van der Waals surface area contributed by atoms with Gasteiger partial charge in [0.2, 0.25) is 0 Å². The van der Waals surface area contributed by atoms with Gasteiger partial charge in [0.15, 0.2) is 0 Å². The summed E-state index contributed by atoms with van der Waals surface area (Å²) in [4.78, 5) is 5.53. The molecule has 3 fully saturated rings. The molecule has 116 valence electrons. The predicted octanol–water partition coefficient (Wildman–Crippen LogP) is 2.18. The Balaban J connectivity index is 1.57. The predicted molar refractivity (Wildman–Crippen MR) is 85.0 cm³/mol. The number of nitrogens with one attached hydrogen (secondary N) is 1. The van der Waals surface area contributed by atoms with Crippen molar-refractivity contribution in [2.45, 2.75) is 64.1 Å². The number of piperazine rings is 1. The summed E-state index contributed by atoms with van der Waals surface area (Å²) in [5.41, 5.74) is 0. The Morgan fingerprint density at radius 3 is 2.10 bits per heavy atom. The van der Waals surface area contributed by atoms with Crippen LogP contribution in [0.4, 0.5) is 0 Å². The van der Waals surface area contributed by atoms with E-state index in [0.717, 1.165) is 30.0 Å². The van der Waals surface area contributed by atoms with Crippen molar-refractivity contribution in [3.8, 4) is 0 Å². The highest BCUT2D eigenvalue weighted by atomic mass is 15.3.